The van der Waals surface area contributed by atoms with E-state index in [2.05, 4.69) is 16.3 Å². The maximum atomic E-state index is 13.6. The van der Waals surface area contributed by atoms with Crippen molar-refractivity contribution in [3.05, 3.63) is 30.1 Å². The molecular formula is C11H10FN5S. The summed E-state index contributed by atoms with van der Waals surface area (Å²) in [4.78, 5) is 0. The van der Waals surface area contributed by atoms with Crippen molar-refractivity contribution in [2.75, 3.05) is 5.84 Å². The van der Waals surface area contributed by atoms with Crippen LogP contribution in [0.1, 0.15) is 6.92 Å². The molecule has 0 spiro atoms. The summed E-state index contributed by atoms with van der Waals surface area (Å²) in [6.45, 7) is 1.72. The minimum absolute atomic E-state index is 0.237. The molecule has 0 aliphatic rings. The van der Waals surface area contributed by atoms with Gasteiger partial charge in [-0.1, -0.05) is 23.9 Å². The smallest absolute Gasteiger partial charge is 0.211 e. The fraction of sp³-hybridized carbons (Fsp3) is 0.182. The fourth-order valence-electron chi connectivity index (χ4n) is 1.37. The third kappa shape index (κ3) is 2.28. The Labute approximate surface area is 107 Å². The van der Waals surface area contributed by atoms with Gasteiger partial charge in [0.2, 0.25) is 5.16 Å². The number of nitrogens with two attached hydrogens (primary N) is 1. The molecule has 0 saturated heterocycles. The van der Waals surface area contributed by atoms with Gasteiger partial charge in [-0.25, -0.2) is 9.07 Å². The number of nitrogen functional groups attached to an aromatic ring is 1. The van der Waals surface area contributed by atoms with Crippen LogP contribution in [0.5, 0.6) is 0 Å². The summed E-state index contributed by atoms with van der Waals surface area (Å²) >= 11 is 1.17. The second-order valence-electron chi connectivity index (χ2n) is 3.55. The molecule has 1 heterocycles. The lowest BCUT2D eigenvalue weighted by atomic mass is 10.2. The van der Waals surface area contributed by atoms with Gasteiger partial charge in [-0.2, -0.15) is 5.26 Å². The Kier molecular flexibility index (Phi) is 3.48. The Hall–Kier alpha value is -2.07. The van der Waals surface area contributed by atoms with Crippen molar-refractivity contribution in [3.63, 3.8) is 0 Å². The number of nitrogens with zero attached hydrogens (tertiary/aromatic N) is 4. The highest BCUT2D eigenvalue weighted by Crippen LogP contribution is 2.25. The zero-order chi connectivity index (χ0) is 13.1. The van der Waals surface area contributed by atoms with E-state index in [4.69, 9.17) is 11.1 Å². The Balaban J connectivity index is 2.38. The van der Waals surface area contributed by atoms with Crippen molar-refractivity contribution < 1.29 is 4.39 Å². The van der Waals surface area contributed by atoms with Gasteiger partial charge in [0.05, 0.1) is 16.9 Å². The SMILES string of the molecule is C[C@@H](C#N)Sc1nnc(-c2ccccc2F)n1N. The predicted molar refractivity (Wildman–Crippen MR) is 66.5 cm³/mol. The molecule has 7 heteroatoms. The molecule has 0 amide bonds. The highest BCUT2D eigenvalue weighted by molar-refractivity contribution is 8.00. The number of benzene rings is 1. The van der Waals surface area contributed by atoms with Crippen LogP contribution in [0.3, 0.4) is 0 Å². The van der Waals surface area contributed by atoms with Crippen molar-refractivity contribution in [1.82, 2.24) is 14.9 Å². The van der Waals surface area contributed by atoms with Crippen LogP contribution in [0, 0.1) is 17.1 Å². The highest BCUT2D eigenvalue weighted by atomic mass is 32.2. The van der Waals surface area contributed by atoms with Gasteiger partial charge in [-0.3, -0.25) is 0 Å². The van der Waals surface area contributed by atoms with E-state index in [1.165, 1.54) is 22.5 Å². The monoisotopic (exact) mass is 263 g/mol. The summed E-state index contributed by atoms with van der Waals surface area (Å²) in [7, 11) is 0. The summed E-state index contributed by atoms with van der Waals surface area (Å²) in [5.41, 5.74) is 0.281. The number of nitriles is 1. The van der Waals surface area contributed by atoms with Crippen LogP contribution in [-0.2, 0) is 0 Å². The van der Waals surface area contributed by atoms with E-state index in [9.17, 15) is 4.39 Å². The molecule has 1 atom stereocenters. The summed E-state index contributed by atoms with van der Waals surface area (Å²) < 4.78 is 14.8. The molecule has 2 aromatic rings. The molecule has 92 valence electrons. The van der Waals surface area contributed by atoms with E-state index in [0.29, 0.717) is 5.16 Å². The first-order valence-corrected chi connectivity index (χ1v) is 6.03. The molecule has 0 radical (unpaired) electrons. The van der Waals surface area contributed by atoms with Gasteiger partial charge < -0.3 is 5.84 Å². The van der Waals surface area contributed by atoms with E-state index in [1.807, 2.05) is 0 Å². The Morgan fingerprint density at radius 3 is 2.83 bits per heavy atom. The molecule has 18 heavy (non-hydrogen) atoms. The Morgan fingerprint density at radius 2 is 2.17 bits per heavy atom. The molecule has 0 saturated carbocycles. The van der Waals surface area contributed by atoms with E-state index >= 15 is 0 Å². The maximum absolute atomic E-state index is 13.6. The molecule has 0 bridgehead atoms. The highest BCUT2D eigenvalue weighted by Gasteiger charge is 2.16. The molecule has 0 aliphatic carbocycles. The lowest BCUT2D eigenvalue weighted by Gasteiger charge is -2.04. The van der Waals surface area contributed by atoms with Crippen molar-refractivity contribution in [2.45, 2.75) is 17.3 Å². The van der Waals surface area contributed by atoms with Crippen molar-refractivity contribution >= 4 is 11.8 Å². The van der Waals surface area contributed by atoms with Gasteiger partial charge in [0.15, 0.2) is 5.82 Å². The van der Waals surface area contributed by atoms with Gasteiger partial charge in [-0.15, -0.1) is 10.2 Å². The Bertz CT molecular complexity index is 604. The molecule has 2 N–H and O–H groups in total. The molecule has 0 fully saturated rings. The molecule has 0 aliphatic heterocycles. The third-order valence-electron chi connectivity index (χ3n) is 2.24. The van der Waals surface area contributed by atoms with Crippen molar-refractivity contribution in [3.8, 4) is 17.5 Å². The quantitative estimate of drug-likeness (QED) is 0.674. The van der Waals surface area contributed by atoms with Crippen molar-refractivity contribution in [2.24, 2.45) is 0 Å². The fourth-order valence-corrected chi connectivity index (χ4v) is 2.03. The van der Waals surface area contributed by atoms with E-state index in [1.54, 1.807) is 25.1 Å². The molecule has 2 rings (SSSR count). The maximum Gasteiger partial charge on any atom is 0.211 e. The lowest BCUT2D eigenvalue weighted by molar-refractivity contribution is 0.629. The average molecular weight is 263 g/mol. The largest absolute Gasteiger partial charge is 0.335 e. The predicted octanol–water partition coefficient (Wildman–Crippen LogP) is 1.80. The second-order valence-corrected chi connectivity index (χ2v) is 4.85. The summed E-state index contributed by atoms with van der Waals surface area (Å²) in [6.07, 6.45) is 0. The van der Waals surface area contributed by atoms with Crippen LogP contribution in [0.2, 0.25) is 0 Å². The first kappa shape index (κ1) is 12.4. The topological polar surface area (TPSA) is 80.5 Å². The van der Waals surface area contributed by atoms with Gasteiger partial charge >= 0.3 is 0 Å². The Morgan fingerprint density at radius 1 is 1.44 bits per heavy atom. The van der Waals surface area contributed by atoms with Gasteiger partial charge in [0.1, 0.15) is 5.82 Å². The zero-order valence-electron chi connectivity index (χ0n) is 9.54. The summed E-state index contributed by atoms with van der Waals surface area (Å²) in [6, 6.07) is 8.23. The van der Waals surface area contributed by atoms with E-state index in [-0.39, 0.29) is 16.6 Å². The molecule has 0 unspecified atom stereocenters. The summed E-state index contributed by atoms with van der Waals surface area (Å²) in [5.74, 6) is 5.62. The molecule has 1 aromatic carbocycles. The molecule has 5 nitrogen and oxygen atoms in total. The first-order valence-electron chi connectivity index (χ1n) is 5.15. The first-order chi connectivity index (χ1) is 8.63. The van der Waals surface area contributed by atoms with Crippen LogP contribution >= 0.6 is 11.8 Å². The van der Waals surface area contributed by atoms with Gasteiger partial charge in [0, 0.05) is 0 Å². The van der Waals surface area contributed by atoms with Gasteiger partial charge in [0.25, 0.3) is 0 Å². The van der Waals surface area contributed by atoms with E-state index < -0.39 is 5.82 Å². The number of aromatic nitrogens is 3. The number of halogens is 1. The van der Waals surface area contributed by atoms with Crippen LogP contribution in [0.4, 0.5) is 4.39 Å². The summed E-state index contributed by atoms with van der Waals surface area (Å²) in [5, 5.41) is 16.5. The second kappa shape index (κ2) is 5.06. The standard InChI is InChI=1S/C11H10FN5S/c1-7(6-13)18-11-16-15-10(17(11)14)8-4-2-3-5-9(8)12/h2-5,7H,14H2,1H3/t7-/m0/s1. The van der Waals surface area contributed by atoms with Crippen LogP contribution in [0.15, 0.2) is 29.4 Å². The lowest BCUT2D eigenvalue weighted by Crippen LogP contribution is -2.13. The van der Waals surface area contributed by atoms with Crippen molar-refractivity contribution in [1.29, 1.82) is 5.26 Å². The zero-order valence-corrected chi connectivity index (χ0v) is 10.4. The van der Waals surface area contributed by atoms with Crippen LogP contribution < -0.4 is 5.84 Å². The third-order valence-corrected chi connectivity index (χ3v) is 3.19. The van der Waals surface area contributed by atoms with E-state index in [0.717, 1.165) is 0 Å². The number of thioether (sulfide) groups is 1. The number of hydrogen-bond acceptors (Lipinski definition) is 5. The van der Waals surface area contributed by atoms with Crippen LogP contribution in [-0.4, -0.2) is 20.1 Å². The minimum Gasteiger partial charge on any atom is -0.335 e. The molecular weight excluding hydrogens is 253 g/mol. The van der Waals surface area contributed by atoms with Gasteiger partial charge in [-0.05, 0) is 19.1 Å². The number of hydrogen-bond donors (Lipinski definition) is 1. The normalized spacial score (nSPS) is 12.1. The molecule has 1 aromatic heterocycles. The average Bonchev–Trinajstić information content (AvgIpc) is 2.72. The minimum atomic E-state index is -0.415. The van der Waals surface area contributed by atoms with Crippen LogP contribution in [0.25, 0.3) is 11.4 Å². The number of rotatable bonds is 3.